The molecule has 1 heterocycles. The molecule has 3 rings (SSSR count). The zero-order chi connectivity index (χ0) is 19.8. The van der Waals surface area contributed by atoms with Gasteiger partial charge in [0.25, 0.3) is 5.91 Å². The fourth-order valence-corrected chi connectivity index (χ4v) is 3.10. The molecule has 0 aliphatic carbocycles. The Morgan fingerprint density at radius 2 is 1.89 bits per heavy atom. The smallest absolute Gasteiger partial charge is 0.258 e. The number of rotatable bonds is 8. The molecule has 1 aliphatic heterocycles. The first-order valence-electron chi connectivity index (χ1n) is 9.48. The number of Topliss-reactive ketones (excluding diaryl/α,β-unsaturated/α-hetero) is 1. The Morgan fingerprint density at radius 3 is 2.61 bits per heavy atom. The van der Waals surface area contributed by atoms with E-state index in [0.717, 1.165) is 19.6 Å². The molecule has 1 unspecified atom stereocenters. The fraction of sp³-hybridized carbons (Fsp3) is 0.364. The third kappa shape index (κ3) is 6.18. The molecule has 28 heavy (non-hydrogen) atoms. The van der Waals surface area contributed by atoms with Crippen LogP contribution in [-0.4, -0.2) is 55.5 Å². The Hall–Kier alpha value is -2.70. The maximum absolute atomic E-state index is 12.0. The molecule has 0 bridgehead atoms. The van der Waals surface area contributed by atoms with E-state index in [0.29, 0.717) is 24.5 Å². The van der Waals surface area contributed by atoms with Gasteiger partial charge in [0.1, 0.15) is 5.75 Å². The number of hydrogen-bond acceptors (Lipinski definition) is 5. The van der Waals surface area contributed by atoms with Gasteiger partial charge < -0.3 is 14.8 Å². The zero-order valence-corrected chi connectivity index (χ0v) is 16.1. The fourth-order valence-electron chi connectivity index (χ4n) is 3.10. The van der Waals surface area contributed by atoms with Crippen LogP contribution in [0.5, 0.6) is 5.75 Å². The van der Waals surface area contributed by atoms with Gasteiger partial charge in [-0.05, 0) is 36.8 Å². The lowest BCUT2D eigenvalue weighted by Gasteiger charge is -2.33. The van der Waals surface area contributed by atoms with Crippen LogP contribution in [0, 0.1) is 0 Å². The summed E-state index contributed by atoms with van der Waals surface area (Å²) >= 11 is 0. The number of amides is 1. The summed E-state index contributed by atoms with van der Waals surface area (Å²) in [6, 6.07) is 17.1. The quantitative estimate of drug-likeness (QED) is 0.710. The highest BCUT2D eigenvalue weighted by molar-refractivity contribution is 5.94. The van der Waals surface area contributed by atoms with Gasteiger partial charge in [0.05, 0.1) is 12.7 Å². The molecular formula is C22H26N2O4. The summed E-state index contributed by atoms with van der Waals surface area (Å²) in [5, 5.41) is 2.87. The Morgan fingerprint density at radius 1 is 1.14 bits per heavy atom. The number of carbonyl (C=O) groups excluding carboxylic acids is 2. The molecule has 148 valence electrons. The normalized spacial score (nSPS) is 17.1. The van der Waals surface area contributed by atoms with E-state index in [4.69, 9.17) is 9.47 Å². The summed E-state index contributed by atoms with van der Waals surface area (Å²) < 4.78 is 11.2. The molecule has 2 aromatic carbocycles. The Balaban J connectivity index is 1.38. The second-order valence-corrected chi connectivity index (χ2v) is 6.89. The highest BCUT2D eigenvalue weighted by atomic mass is 16.5. The number of hydrogen-bond donors (Lipinski definition) is 1. The van der Waals surface area contributed by atoms with Gasteiger partial charge in [0, 0.05) is 31.7 Å². The summed E-state index contributed by atoms with van der Waals surface area (Å²) in [6.45, 7) is 5.11. The van der Waals surface area contributed by atoms with Gasteiger partial charge in [0.2, 0.25) is 0 Å². The van der Waals surface area contributed by atoms with E-state index in [1.807, 2.05) is 18.2 Å². The second kappa shape index (κ2) is 10.0. The lowest BCUT2D eigenvalue weighted by atomic mass is 10.1. The second-order valence-electron chi connectivity index (χ2n) is 6.89. The third-order valence-corrected chi connectivity index (χ3v) is 4.63. The molecule has 1 fully saturated rings. The molecule has 6 heteroatoms. The van der Waals surface area contributed by atoms with Gasteiger partial charge in [-0.15, -0.1) is 0 Å². The number of ketones is 1. The van der Waals surface area contributed by atoms with Crippen LogP contribution in [0.3, 0.4) is 0 Å². The Bertz CT molecular complexity index is 777. The van der Waals surface area contributed by atoms with Crippen molar-refractivity contribution >= 4 is 11.7 Å². The predicted octanol–water partition coefficient (Wildman–Crippen LogP) is 2.29. The van der Waals surface area contributed by atoms with Crippen molar-refractivity contribution in [1.82, 2.24) is 10.2 Å². The highest BCUT2D eigenvalue weighted by Gasteiger charge is 2.21. The summed E-state index contributed by atoms with van der Waals surface area (Å²) in [7, 11) is 0. The molecule has 0 radical (unpaired) electrons. The van der Waals surface area contributed by atoms with E-state index < -0.39 is 0 Å². The Kier molecular flexibility index (Phi) is 7.17. The van der Waals surface area contributed by atoms with Crippen LogP contribution in [0.25, 0.3) is 0 Å². The lowest BCUT2D eigenvalue weighted by molar-refractivity contribution is -0.124. The van der Waals surface area contributed by atoms with Crippen LogP contribution in [0.2, 0.25) is 0 Å². The first kappa shape index (κ1) is 20.0. The molecule has 1 N–H and O–H groups in total. The molecule has 0 saturated carbocycles. The topological polar surface area (TPSA) is 67.9 Å². The van der Waals surface area contributed by atoms with Crippen molar-refractivity contribution in [1.29, 1.82) is 0 Å². The summed E-state index contributed by atoms with van der Waals surface area (Å²) in [5.41, 5.74) is 1.89. The van der Waals surface area contributed by atoms with E-state index >= 15 is 0 Å². The number of ether oxygens (including phenoxy) is 2. The molecule has 1 atom stereocenters. The number of benzene rings is 2. The molecular weight excluding hydrogens is 356 g/mol. The number of carbonyl (C=O) groups is 2. The van der Waals surface area contributed by atoms with Crippen molar-refractivity contribution in [2.75, 3.05) is 32.8 Å². The zero-order valence-electron chi connectivity index (χ0n) is 16.1. The van der Waals surface area contributed by atoms with Crippen LogP contribution in [0.1, 0.15) is 22.8 Å². The number of nitrogens with one attached hydrogen (secondary N) is 1. The molecule has 0 aromatic heterocycles. The van der Waals surface area contributed by atoms with E-state index in [1.165, 1.54) is 12.5 Å². The van der Waals surface area contributed by atoms with Crippen molar-refractivity contribution in [3.63, 3.8) is 0 Å². The van der Waals surface area contributed by atoms with Crippen molar-refractivity contribution in [2.24, 2.45) is 0 Å². The monoisotopic (exact) mass is 382 g/mol. The Labute approximate surface area is 165 Å². The van der Waals surface area contributed by atoms with Crippen LogP contribution in [0.15, 0.2) is 54.6 Å². The summed E-state index contributed by atoms with van der Waals surface area (Å²) in [5.74, 6) is 0.362. The molecule has 0 spiro atoms. The van der Waals surface area contributed by atoms with E-state index in [9.17, 15) is 9.59 Å². The summed E-state index contributed by atoms with van der Waals surface area (Å²) in [4.78, 5) is 25.6. The standard InChI is InChI=1S/C22H26N2O4/c1-17(25)19-7-9-20(10-8-19)28-16-22(26)23-13-21-15-24(11-12-27-21)14-18-5-3-2-4-6-18/h2-10,21H,11-16H2,1H3,(H,23,26). The molecule has 6 nitrogen and oxygen atoms in total. The number of morpholine rings is 1. The first-order chi connectivity index (χ1) is 13.6. The van der Waals surface area contributed by atoms with Gasteiger partial charge in [-0.25, -0.2) is 0 Å². The molecule has 2 aromatic rings. The van der Waals surface area contributed by atoms with E-state index in [2.05, 4.69) is 22.3 Å². The largest absolute Gasteiger partial charge is 0.484 e. The van der Waals surface area contributed by atoms with Crippen LogP contribution in [-0.2, 0) is 16.1 Å². The number of nitrogens with zero attached hydrogens (tertiary/aromatic N) is 1. The maximum atomic E-state index is 12.0. The molecule has 1 amide bonds. The van der Waals surface area contributed by atoms with Crippen molar-refractivity contribution < 1.29 is 19.1 Å². The lowest BCUT2D eigenvalue weighted by Crippen LogP contribution is -2.47. The highest BCUT2D eigenvalue weighted by Crippen LogP contribution is 2.13. The third-order valence-electron chi connectivity index (χ3n) is 4.63. The average Bonchev–Trinajstić information content (AvgIpc) is 2.72. The van der Waals surface area contributed by atoms with Gasteiger partial charge in [-0.3, -0.25) is 14.5 Å². The van der Waals surface area contributed by atoms with E-state index in [1.54, 1.807) is 24.3 Å². The SMILES string of the molecule is CC(=O)c1ccc(OCC(=O)NCC2CN(Cc3ccccc3)CCO2)cc1. The van der Waals surface area contributed by atoms with Crippen LogP contribution >= 0.6 is 0 Å². The van der Waals surface area contributed by atoms with Gasteiger partial charge >= 0.3 is 0 Å². The van der Waals surface area contributed by atoms with Crippen molar-refractivity contribution in [2.45, 2.75) is 19.6 Å². The van der Waals surface area contributed by atoms with Crippen LogP contribution < -0.4 is 10.1 Å². The maximum Gasteiger partial charge on any atom is 0.258 e. The minimum Gasteiger partial charge on any atom is -0.484 e. The van der Waals surface area contributed by atoms with Gasteiger partial charge in [-0.2, -0.15) is 0 Å². The van der Waals surface area contributed by atoms with E-state index in [-0.39, 0.29) is 24.4 Å². The minimum absolute atomic E-state index is 0.00177. The molecule has 1 saturated heterocycles. The minimum atomic E-state index is -0.195. The summed E-state index contributed by atoms with van der Waals surface area (Å²) in [6.07, 6.45) is -0.0312. The van der Waals surface area contributed by atoms with Crippen molar-refractivity contribution in [3.05, 3.63) is 65.7 Å². The predicted molar refractivity (Wildman–Crippen MR) is 106 cm³/mol. The van der Waals surface area contributed by atoms with Gasteiger partial charge in [0.15, 0.2) is 12.4 Å². The van der Waals surface area contributed by atoms with Gasteiger partial charge in [-0.1, -0.05) is 30.3 Å². The van der Waals surface area contributed by atoms with Crippen LogP contribution in [0.4, 0.5) is 0 Å². The average molecular weight is 382 g/mol. The molecule has 1 aliphatic rings. The van der Waals surface area contributed by atoms with Crippen molar-refractivity contribution in [3.8, 4) is 5.75 Å². The first-order valence-corrected chi connectivity index (χ1v) is 9.48.